The third-order valence-electron chi connectivity index (χ3n) is 5.13. The Bertz CT molecular complexity index is 785. The molecular weight excluding hydrogens is 334 g/mol. The molecule has 1 spiro atoms. The Morgan fingerprint density at radius 1 is 1.42 bits per heavy atom. The van der Waals surface area contributed by atoms with E-state index in [2.05, 4.69) is 9.97 Å². The van der Waals surface area contributed by atoms with Crippen molar-refractivity contribution < 1.29 is 14.3 Å². The number of hydrogen-bond acceptors (Lipinski definition) is 7. The lowest BCUT2D eigenvalue weighted by atomic mass is 9.88. The van der Waals surface area contributed by atoms with E-state index >= 15 is 0 Å². The summed E-state index contributed by atoms with van der Waals surface area (Å²) in [7, 11) is 1.39. The maximum Gasteiger partial charge on any atom is 0.308 e. The number of allylic oxidation sites excluding steroid dienone is 1. The molecule has 1 saturated heterocycles. The number of carbonyl (C=O) groups excluding carboxylic acids is 2. The van der Waals surface area contributed by atoms with Crippen molar-refractivity contribution in [3.05, 3.63) is 35.6 Å². The molecule has 1 aromatic rings. The topological polar surface area (TPSA) is 122 Å². The second-order valence-corrected chi connectivity index (χ2v) is 6.95. The zero-order valence-corrected chi connectivity index (χ0v) is 15.0. The van der Waals surface area contributed by atoms with Crippen LogP contribution in [0.15, 0.2) is 24.2 Å². The number of aryl methyl sites for hydroxylation is 1. The van der Waals surface area contributed by atoms with Gasteiger partial charge in [0.25, 0.3) is 5.91 Å². The number of piperidine rings is 1. The molecule has 2 aliphatic rings. The van der Waals surface area contributed by atoms with Crippen molar-refractivity contribution in [2.75, 3.05) is 13.7 Å². The van der Waals surface area contributed by atoms with Gasteiger partial charge < -0.3 is 15.4 Å². The lowest BCUT2D eigenvalue weighted by Crippen LogP contribution is -2.50. The van der Waals surface area contributed by atoms with Gasteiger partial charge in [0, 0.05) is 17.8 Å². The zero-order chi connectivity index (χ0) is 18.9. The van der Waals surface area contributed by atoms with Gasteiger partial charge in [0.2, 0.25) is 0 Å². The molecule has 3 rings (SSSR count). The Kier molecular flexibility index (Phi) is 4.76. The average molecular weight is 357 g/mol. The highest BCUT2D eigenvalue weighted by Crippen LogP contribution is 2.50. The highest BCUT2D eigenvalue weighted by atomic mass is 16.5. The number of aromatic nitrogens is 2. The van der Waals surface area contributed by atoms with Crippen molar-refractivity contribution in [2.45, 2.75) is 38.1 Å². The molecule has 2 fully saturated rings. The summed E-state index contributed by atoms with van der Waals surface area (Å²) in [5, 5.41) is 8.11. The first-order valence-corrected chi connectivity index (χ1v) is 8.61. The van der Waals surface area contributed by atoms with E-state index in [1.54, 1.807) is 17.9 Å². The number of nitrogens with zero attached hydrogens (tertiary/aromatic N) is 3. The molecule has 0 radical (unpaired) electrons. The smallest absolute Gasteiger partial charge is 0.308 e. The number of amides is 1. The van der Waals surface area contributed by atoms with Gasteiger partial charge in [0.05, 0.1) is 30.1 Å². The Balaban J connectivity index is 1.73. The summed E-state index contributed by atoms with van der Waals surface area (Å²) in [6, 6.07) is 1.67. The Morgan fingerprint density at radius 3 is 2.77 bits per heavy atom. The summed E-state index contributed by atoms with van der Waals surface area (Å²) >= 11 is 0. The van der Waals surface area contributed by atoms with E-state index in [1.165, 1.54) is 19.5 Å². The molecule has 1 atom stereocenters. The second-order valence-electron chi connectivity index (χ2n) is 6.95. The molecule has 0 bridgehead atoms. The summed E-state index contributed by atoms with van der Waals surface area (Å²) in [6.07, 6.45) is 5.62. The van der Waals surface area contributed by atoms with Gasteiger partial charge in [-0.25, -0.2) is 9.97 Å². The Labute approximate surface area is 152 Å². The van der Waals surface area contributed by atoms with Crippen LogP contribution in [-0.2, 0) is 14.3 Å². The average Bonchev–Trinajstić information content (AvgIpc) is 3.39. The molecule has 2 heterocycles. The molecule has 1 unspecified atom stereocenters. The third-order valence-corrected chi connectivity index (χ3v) is 5.13. The fourth-order valence-corrected chi connectivity index (χ4v) is 3.55. The molecule has 8 heteroatoms. The molecule has 8 nitrogen and oxygen atoms in total. The minimum absolute atomic E-state index is 0.00839. The van der Waals surface area contributed by atoms with Crippen LogP contribution in [0.2, 0.25) is 0 Å². The van der Waals surface area contributed by atoms with Crippen LogP contribution in [0.3, 0.4) is 0 Å². The summed E-state index contributed by atoms with van der Waals surface area (Å²) in [4.78, 5) is 34.4. The number of likely N-dealkylation sites (tertiary alicyclic amines) is 1. The fraction of sp³-hybridized carbons (Fsp3) is 0.500. The number of rotatable bonds is 4. The Hall–Kier alpha value is -2.77. The van der Waals surface area contributed by atoms with Crippen molar-refractivity contribution in [3.63, 3.8) is 0 Å². The first-order chi connectivity index (χ1) is 12.4. The van der Waals surface area contributed by atoms with E-state index in [9.17, 15) is 9.59 Å². The molecule has 26 heavy (non-hydrogen) atoms. The van der Waals surface area contributed by atoms with E-state index < -0.39 is 0 Å². The predicted molar refractivity (Wildman–Crippen MR) is 94.3 cm³/mol. The minimum Gasteiger partial charge on any atom is -0.469 e. The SMILES string of the molecule is COC(=O)C1CCN(C(=O)C(N)=CC(=N)c2cc(C)ncn2)C2(CC2)C1. The first-order valence-electron chi connectivity index (χ1n) is 8.61. The molecule has 1 amide bonds. The molecule has 1 saturated carbocycles. The van der Waals surface area contributed by atoms with Crippen molar-refractivity contribution in [3.8, 4) is 0 Å². The maximum atomic E-state index is 12.8. The molecule has 3 N–H and O–H groups in total. The zero-order valence-electron chi connectivity index (χ0n) is 15.0. The van der Waals surface area contributed by atoms with Gasteiger partial charge in [-0.3, -0.25) is 15.0 Å². The van der Waals surface area contributed by atoms with Crippen molar-refractivity contribution >= 4 is 17.6 Å². The minimum atomic E-state index is -0.291. The van der Waals surface area contributed by atoms with Gasteiger partial charge in [0.1, 0.15) is 6.33 Å². The first kappa shape index (κ1) is 18.0. The fourth-order valence-electron chi connectivity index (χ4n) is 3.55. The van der Waals surface area contributed by atoms with Gasteiger partial charge >= 0.3 is 5.97 Å². The largest absolute Gasteiger partial charge is 0.469 e. The summed E-state index contributed by atoms with van der Waals surface area (Å²) in [6.45, 7) is 2.27. The van der Waals surface area contributed by atoms with Crippen LogP contribution < -0.4 is 5.73 Å². The molecule has 1 aliphatic heterocycles. The number of carbonyl (C=O) groups is 2. The van der Waals surface area contributed by atoms with Crippen molar-refractivity contribution in [1.29, 1.82) is 5.41 Å². The van der Waals surface area contributed by atoms with Crippen LogP contribution in [0.5, 0.6) is 0 Å². The number of methoxy groups -OCH3 is 1. The monoisotopic (exact) mass is 357 g/mol. The van der Waals surface area contributed by atoms with E-state index in [4.69, 9.17) is 15.9 Å². The normalized spacial score (nSPS) is 21.4. The predicted octanol–water partition coefficient (Wildman–Crippen LogP) is 0.940. The van der Waals surface area contributed by atoms with Gasteiger partial charge in [-0.05, 0) is 44.7 Å². The molecule has 138 valence electrons. The van der Waals surface area contributed by atoms with Crippen molar-refractivity contribution in [2.24, 2.45) is 11.7 Å². The number of nitrogens with two attached hydrogens (primary N) is 1. The van der Waals surface area contributed by atoms with Crippen LogP contribution in [0.1, 0.15) is 37.1 Å². The highest BCUT2D eigenvalue weighted by molar-refractivity contribution is 6.09. The van der Waals surface area contributed by atoms with Gasteiger partial charge in [-0.1, -0.05) is 0 Å². The van der Waals surface area contributed by atoms with Crippen LogP contribution in [0.4, 0.5) is 0 Å². The van der Waals surface area contributed by atoms with Gasteiger partial charge in [0.15, 0.2) is 0 Å². The molecule has 0 aromatic carbocycles. The molecule has 1 aliphatic carbocycles. The number of hydrogen-bond donors (Lipinski definition) is 2. The number of ether oxygens (including phenoxy) is 1. The number of nitrogens with one attached hydrogen (secondary N) is 1. The molecule has 1 aromatic heterocycles. The number of esters is 1. The summed E-state index contributed by atoms with van der Waals surface area (Å²) < 4.78 is 4.85. The van der Waals surface area contributed by atoms with E-state index in [0.29, 0.717) is 25.1 Å². The van der Waals surface area contributed by atoms with Gasteiger partial charge in [-0.15, -0.1) is 0 Å². The second kappa shape index (κ2) is 6.86. The lowest BCUT2D eigenvalue weighted by molar-refractivity contribution is -0.150. The summed E-state index contributed by atoms with van der Waals surface area (Å²) in [5.74, 6) is -0.673. The quantitative estimate of drug-likeness (QED) is 0.470. The standard InChI is InChI=1S/C18H23N5O3/c1-11-7-15(22-10-21-11)13(19)8-14(20)16(24)23-6-3-12(17(25)26-2)9-18(23)4-5-18/h7-8,10,12,19H,3-6,9,20H2,1-2H3. The van der Waals surface area contributed by atoms with Crippen molar-refractivity contribution in [1.82, 2.24) is 14.9 Å². The Morgan fingerprint density at radius 2 is 2.15 bits per heavy atom. The van der Waals surface area contributed by atoms with E-state index in [-0.39, 0.29) is 34.7 Å². The summed E-state index contributed by atoms with van der Waals surface area (Å²) in [5.41, 5.74) is 6.92. The van der Waals surface area contributed by atoms with Crippen LogP contribution in [0.25, 0.3) is 0 Å². The van der Waals surface area contributed by atoms with Crippen LogP contribution in [0, 0.1) is 18.3 Å². The van der Waals surface area contributed by atoms with E-state index in [1.807, 2.05) is 0 Å². The van der Waals surface area contributed by atoms with Gasteiger partial charge in [-0.2, -0.15) is 0 Å². The lowest BCUT2D eigenvalue weighted by Gasteiger charge is -2.39. The maximum absolute atomic E-state index is 12.8. The molecular formula is C18H23N5O3. The third kappa shape index (κ3) is 3.44. The van der Waals surface area contributed by atoms with E-state index in [0.717, 1.165) is 18.5 Å². The highest BCUT2D eigenvalue weighted by Gasteiger charge is 2.54. The van der Waals surface area contributed by atoms with Crippen LogP contribution in [-0.4, -0.2) is 51.6 Å². The van der Waals surface area contributed by atoms with Crippen LogP contribution >= 0.6 is 0 Å².